The topological polar surface area (TPSA) is 39.6 Å². The standard InChI is InChI=1S/C19H27F2N3O/c20-14-10-17(21)18(22-11-14)24-8-1-6-19(13-24)7-9-23(12-19)15-2-4-16(25)5-3-15/h10-11,15-16,25H,1-9,12-13H2/t15?,16?,19-/m1/s1. The van der Waals surface area contributed by atoms with Crippen LogP contribution in [0.15, 0.2) is 12.3 Å². The van der Waals surface area contributed by atoms with Crippen molar-refractivity contribution in [2.24, 2.45) is 5.41 Å². The molecule has 3 heterocycles. The molecule has 0 radical (unpaired) electrons. The molecule has 1 aliphatic carbocycles. The molecule has 0 unspecified atom stereocenters. The number of piperidine rings is 1. The average molecular weight is 351 g/mol. The van der Waals surface area contributed by atoms with Gasteiger partial charge in [-0.05, 0) is 51.5 Å². The van der Waals surface area contributed by atoms with Gasteiger partial charge in [0.2, 0.25) is 0 Å². The summed E-state index contributed by atoms with van der Waals surface area (Å²) in [6, 6.07) is 1.51. The number of hydrogen-bond donors (Lipinski definition) is 1. The van der Waals surface area contributed by atoms with Crippen molar-refractivity contribution >= 4 is 5.82 Å². The van der Waals surface area contributed by atoms with E-state index in [1.807, 2.05) is 4.90 Å². The van der Waals surface area contributed by atoms with Crippen LogP contribution in [0.5, 0.6) is 0 Å². The molecule has 0 aromatic carbocycles. The van der Waals surface area contributed by atoms with Crippen LogP contribution in [0.1, 0.15) is 44.9 Å². The molecule has 4 nitrogen and oxygen atoms in total. The van der Waals surface area contributed by atoms with E-state index in [2.05, 4.69) is 9.88 Å². The zero-order valence-corrected chi connectivity index (χ0v) is 14.6. The number of aliphatic hydroxyl groups is 1. The largest absolute Gasteiger partial charge is 0.393 e. The van der Waals surface area contributed by atoms with Crippen LogP contribution in [0.25, 0.3) is 0 Å². The minimum Gasteiger partial charge on any atom is -0.393 e. The van der Waals surface area contributed by atoms with E-state index in [9.17, 15) is 13.9 Å². The van der Waals surface area contributed by atoms with Gasteiger partial charge in [-0.15, -0.1) is 0 Å². The van der Waals surface area contributed by atoms with Crippen LogP contribution in [-0.2, 0) is 0 Å². The Morgan fingerprint density at radius 3 is 2.64 bits per heavy atom. The molecular weight excluding hydrogens is 324 g/mol. The maximum absolute atomic E-state index is 14.1. The average Bonchev–Trinajstić information content (AvgIpc) is 2.99. The van der Waals surface area contributed by atoms with E-state index < -0.39 is 11.6 Å². The van der Waals surface area contributed by atoms with E-state index >= 15 is 0 Å². The Morgan fingerprint density at radius 2 is 1.88 bits per heavy atom. The SMILES string of the molecule is OC1CCC(N2CC[C@]3(CCCN(c4ncc(F)cc4F)C3)C2)CC1. The number of halogens is 2. The van der Waals surface area contributed by atoms with Crippen LogP contribution in [0.3, 0.4) is 0 Å². The highest BCUT2D eigenvalue weighted by Gasteiger charge is 2.44. The summed E-state index contributed by atoms with van der Waals surface area (Å²) in [4.78, 5) is 8.60. The van der Waals surface area contributed by atoms with Crippen molar-refractivity contribution in [3.05, 3.63) is 23.9 Å². The van der Waals surface area contributed by atoms with E-state index in [0.29, 0.717) is 11.9 Å². The summed E-state index contributed by atoms with van der Waals surface area (Å²) in [5.74, 6) is -0.896. The van der Waals surface area contributed by atoms with Gasteiger partial charge in [-0.3, -0.25) is 4.90 Å². The van der Waals surface area contributed by atoms with Gasteiger partial charge in [0.25, 0.3) is 0 Å². The molecule has 138 valence electrons. The molecule has 4 rings (SSSR count). The number of nitrogens with zero attached hydrogens (tertiary/aromatic N) is 3. The highest BCUT2D eigenvalue weighted by Crippen LogP contribution is 2.42. The molecule has 1 N–H and O–H groups in total. The smallest absolute Gasteiger partial charge is 0.168 e. The molecular formula is C19H27F2N3O. The number of pyridine rings is 1. The minimum absolute atomic E-state index is 0.120. The first kappa shape index (κ1) is 17.2. The van der Waals surface area contributed by atoms with Gasteiger partial charge in [-0.1, -0.05) is 0 Å². The molecule has 1 aromatic rings. The predicted octanol–water partition coefficient (Wildman–Crippen LogP) is 2.96. The van der Waals surface area contributed by atoms with Crippen LogP contribution in [-0.4, -0.2) is 53.3 Å². The van der Waals surface area contributed by atoms with Gasteiger partial charge in [0.1, 0.15) is 5.82 Å². The fourth-order valence-corrected chi connectivity index (χ4v) is 5.07. The molecule has 1 saturated carbocycles. The second-order valence-corrected chi connectivity index (χ2v) is 8.17. The van der Waals surface area contributed by atoms with Crippen molar-refractivity contribution in [3.8, 4) is 0 Å². The molecule has 2 aliphatic heterocycles. The third kappa shape index (κ3) is 3.51. The maximum Gasteiger partial charge on any atom is 0.168 e. The van der Waals surface area contributed by atoms with E-state index in [1.54, 1.807) is 0 Å². The van der Waals surface area contributed by atoms with Gasteiger partial charge in [-0.2, -0.15) is 0 Å². The van der Waals surface area contributed by atoms with Gasteiger partial charge < -0.3 is 10.0 Å². The Morgan fingerprint density at radius 1 is 1.08 bits per heavy atom. The molecule has 2 saturated heterocycles. The second-order valence-electron chi connectivity index (χ2n) is 8.17. The van der Waals surface area contributed by atoms with E-state index in [0.717, 1.165) is 83.4 Å². The van der Waals surface area contributed by atoms with Crippen molar-refractivity contribution in [1.29, 1.82) is 0 Å². The monoisotopic (exact) mass is 351 g/mol. The van der Waals surface area contributed by atoms with Crippen molar-refractivity contribution in [3.63, 3.8) is 0 Å². The summed E-state index contributed by atoms with van der Waals surface area (Å²) in [5.41, 5.74) is 0.191. The molecule has 3 aliphatic rings. The van der Waals surface area contributed by atoms with E-state index in [1.165, 1.54) is 0 Å². The minimum atomic E-state index is -0.625. The van der Waals surface area contributed by atoms with Crippen LogP contribution in [0.2, 0.25) is 0 Å². The number of likely N-dealkylation sites (tertiary alicyclic amines) is 1. The van der Waals surface area contributed by atoms with Gasteiger partial charge in [0, 0.05) is 37.2 Å². The van der Waals surface area contributed by atoms with E-state index in [-0.39, 0.29) is 11.5 Å². The van der Waals surface area contributed by atoms with Crippen molar-refractivity contribution in [2.75, 3.05) is 31.1 Å². The molecule has 6 heteroatoms. The summed E-state index contributed by atoms with van der Waals surface area (Å²) in [6.07, 6.45) is 8.28. The first-order chi connectivity index (χ1) is 12.0. The second kappa shape index (κ2) is 6.80. The highest BCUT2D eigenvalue weighted by molar-refractivity contribution is 5.41. The number of hydrogen-bond acceptors (Lipinski definition) is 4. The van der Waals surface area contributed by atoms with Gasteiger partial charge >= 0.3 is 0 Å². The fourth-order valence-electron chi connectivity index (χ4n) is 5.07. The first-order valence-corrected chi connectivity index (χ1v) is 9.53. The first-order valence-electron chi connectivity index (χ1n) is 9.53. The molecule has 0 amide bonds. The Hall–Kier alpha value is -1.27. The Labute approximate surface area is 147 Å². The Bertz CT molecular complexity index is 621. The third-order valence-corrected chi connectivity index (χ3v) is 6.40. The number of aliphatic hydroxyl groups excluding tert-OH is 1. The lowest BCUT2D eigenvalue weighted by molar-refractivity contribution is 0.0770. The number of aromatic nitrogens is 1. The summed E-state index contributed by atoms with van der Waals surface area (Å²) >= 11 is 0. The zero-order valence-electron chi connectivity index (χ0n) is 14.6. The molecule has 1 aromatic heterocycles. The molecule has 1 spiro atoms. The van der Waals surface area contributed by atoms with Crippen molar-refractivity contribution < 1.29 is 13.9 Å². The van der Waals surface area contributed by atoms with Crippen molar-refractivity contribution in [1.82, 2.24) is 9.88 Å². The van der Waals surface area contributed by atoms with Gasteiger partial charge in [0.15, 0.2) is 11.6 Å². The quantitative estimate of drug-likeness (QED) is 0.889. The summed E-state index contributed by atoms with van der Waals surface area (Å²) < 4.78 is 27.3. The summed E-state index contributed by atoms with van der Waals surface area (Å²) in [5, 5.41) is 9.72. The van der Waals surface area contributed by atoms with Crippen LogP contribution >= 0.6 is 0 Å². The molecule has 0 bridgehead atoms. The lowest BCUT2D eigenvalue weighted by Gasteiger charge is -2.42. The summed E-state index contributed by atoms with van der Waals surface area (Å²) in [6.45, 7) is 3.72. The Balaban J connectivity index is 1.44. The number of rotatable bonds is 2. The fraction of sp³-hybridized carbons (Fsp3) is 0.737. The van der Waals surface area contributed by atoms with Crippen LogP contribution in [0.4, 0.5) is 14.6 Å². The molecule has 25 heavy (non-hydrogen) atoms. The lowest BCUT2D eigenvalue weighted by atomic mass is 9.79. The lowest BCUT2D eigenvalue weighted by Crippen LogP contribution is -2.47. The third-order valence-electron chi connectivity index (χ3n) is 6.40. The van der Waals surface area contributed by atoms with E-state index in [4.69, 9.17) is 0 Å². The van der Waals surface area contributed by atoms with Gasteiger partial charge in [0.05, 0.1) is 12.3 Å². The van der Waals surface area contributed by atoms with Gasteiger partial charge in [-0.25, -0.2) is 13.8 Å². The van der Waals surface area contributed by atoms with Crippen LogP contribution < -0.4 is 4.90 Å². The highest BCUT2D eigenvalue weighted by atomic mass is 19.1. The number of anilines is 1. The predicted molar refractivity (Wildman–Crippen MR) is 92.5 cm³/mol. The zero-order chi connectivity index (χ0) is 17.4. The molecule has 1 atom stereocenters. The molecule has 3 fully saturated rings. The normalized spacial score (nSPS) is 34.0. The van der Waals surface area contributed by atoms with Crippen molar-refractivity contribution in [2.45, 2.75) is 57.1 Å². The Kier molecular flexibility index (Phi) is 4.67. The van der Waals surface area contributed by atoms with Crippen LogP contribution in [0, 0.1) is 17.0 Å². The summed E-state index contributed by atoms with van der Waals surface area (Å²) in [7, 11) is 0. The maximum atomic E-state index is 14.1.